The summed E-state index contributed by atoms with van der Waals surface area (Å²) in [6.45, 7) is 1.89. The third kappa shape index (κ3) is 3.32. The molecule has 0 fully saturated rings. The van der Waals surface area contributed by atoms with Crippen LogP contribution >= 0.6 is 0 Å². The molecule has 0 bridgehead atoms. The summed E-state index contributed by atoms with van der Waals surface area (Å²) >= 11 is 0. The zero-order valence-electron chi connectivity index (χ0n) is 15.8. The molecule has 7 heteroatoms. The van der Waals surface area contributed by atoms with Crippen molar-refractivity contribution in [3.63, 3.8) is 0 Å². The van der Waals surface area contributed by atoms with Crippen LogP contribution in [0, 0.1) is 24.1 Å². The molecule has 0 aliphatic heterocycles. The van der Waals surface area contributed by atoms with Crippen LogP contribution < -0.4 is 5.56 Å². The Hall–Kier alpha value is -4.05. The average molecular weight is 385 g/mol. The molecular formula is C22H16FN5O. The van der Waals surface area contributed by atoms with Crippen molar-refractivity contribution in [2.24, 2.45) is 7.05 Å². The number of nitrogens with zero attached hydrogens (tertiary/aromatic N) is 5. The number of halogens is 1. The van der Waals surface area contributed by atoms with E-state index in [4.69, 9.17) is 0 Å². The van der Waals surface area contributed by atoms with Gasteiger partial charge in [0.05, 0.1) is 11.9 Å². The van der Waals surface area contributed by atoms with Gasteiger partial charge < -0.3 is 4.57 Å². The summed E-state index contributed by atoms with van der Waals surface area (Å²) in [4.78, 5) is 16.6. The van der Waals surface area contributed by atoms with E-state index in [1.54, 1.807) is 44.0 Å². The van der Waals surface area contributed by atoms with Gasteiger partial charge in [0, 0.05) is 54.1 Å². The lowest BCUT2D eigenvalue weighted by Gasteiger charge is -2.10. The molecule has 0 unspecified atom stereocenters. The van der Waals surface area contributed by atoms with Gasteiger partial charge in [-0.15, -0.1) is 0 Å². The van der Waals surface area contributed by atoms with Crippen LogP contribution in [-0.2, 0) is 7.05 Å². The monoisotopic (exact) mass is 385 g/mol. The number of aryl methyl sites for hydroxylation is 2. The Morgan fingerprint density at radius 1 is 1.07 bits per heavy atom. The van der Waals surface area contributed by atoms with Gasteiger partial charge >= 0.3 is 0 Å². The summed E-state index contributed by atoms with van der Waals surface area (Å²) in [5.74, 6) is -0.601. The van der Waals surface area contributed by atoms with E-state index in [2.05, 4.69) is 10.1 Å². The third-order valence-corrected chi connectivity index (χ3v) is 4.69. The molecule has 0 amide bonds. The Bertz CT molecular complexity index is 1310. The van der Waals surface area contributed by atoms with E-state index < -0.39 is 5.82 Å². The summed E-state index contributed by atoms with van der Waals surface area (Å²) in [5, 5.41) is 13.6. The molecule has 0 spiro atoms. The molecule has 3 aromatic heterocycles. The lowest BCUT2D eigenvalue weighted by molar-refractivity contribution is 0.621. The van der Waals surface area contributed by atoms with Gasteiger partial charge in [0.2, 0.25) is 0 Å². The lowest BCUT2D eigenvalue weighted by Crippen LogP contribution is -2.15. The average Bonchev–Trinajstić information content (AvgIpc) is 3.20. The van der Waals surface area contributed by atoms with Crippen LogP contribution in [0.15, 0.2) is 66.0 Å². The SMILES string of the molecule is Cc1ccc(-c2cc(=O)n(C)cc2-c2cnn(-c3cccc(F)c3C#N)c2)cn1. The summed E-state index contributed by atoms with van der Waals surface area (Å²) < 4.78 is 16.9. The second kappa shape index (κ2) is 7.17. The zero-order chi connectivity index (χ0) is 20.5. The molecule has 0 saturated heterocycles. The van der Waals surface area contributed by atoms with Gasteiger partial charge in [0.1, 0.15) is 17.4 Å². The second-order valence-electron chi connectivity index (χ2n) is 6.66. The molecule has 142 valence electrons. The third-order valence-electron chi connectivity index (χ3n) is 4.69. The van der Waals surface area contributed by atoms with Gasteiger partial charge in [-0.05, 0) is 30.7 Å². The second-order valence-corrected chi connectivity index (χ2v) is 6.66. The summed E-state index contributed by atoms with van der Waals surface area (Å²) in [5.41, 5.74) is 4.03. The van der Waals surface area contributed by atoms with Crippen LogP contribution in [0.4, 0.5) is 4.39 Å². The highest BCUT2D eigenvalue weighted by atomic mass is 19.1. The van der Waals surface area contributed by atoms with E-state index in [-0.39, 0.29) is 11.1 Å². The van der Waals surface area contributed by atoms with Crippen LogP contribution in [0.2, 0.25) is 0 Å². The van der Waals surface area contributed by atoms with Crippen LogP contribution in [0.5, 0.6) is 0 Å². The van der Waals surface area contributed by atoms with Crippen molar-refractivity contribution < 1.29 is 4.39 Å². The molecule has 0 radical (unpaired) electrons. The summed E-state index contributed by atoms with van der Waals surface area (Å²) in [6.07, 6.45) is 6.78. The highest BCUT2D eigenvalue weighted by molar-refractivity contribution is 5.82. The Kier molecular flexibility index (Phi) is 4.53. The van der Waals surface area contributed by atoms with Gasteiger partial charge in [-0.1, -0.05) is 12.1 Å². The van der Waals surface area contributed by atoms with Crippen molar-refractivity contribution in [2.75, 3.05) is 0 Å². The van der Waals surface area contributed by atoms with E-state index >= 15 is 0 Å². The fourth-order valence-electron chi connectivity index (χ4n) is 3.13. The Labute approximate surface area is 166 Å². The number of aromatic nitrogens is 4. The van der Waals surface area contributed by atoms with E-state index in [1.807, 2.05) is 25.1 Å². The molecule has 4 aromatic rings. The first-order chi connectivity index (χ1) is 14.0. The highest BCUT2D eigenvalue weighted by Crippen LogP contribution is 2.31. The molecular weight excluding hydrogens is 369 g/mol. The minimum absolute atomic E-state index is 0.0782. The molecule has 0 aliphatic carbocycles. The minimum atomic E-state index is -0.601. The number of benzene rings is 1. The number of hydrogen-bond donors (Lipinski definition) is 0. The Balaban J connectivity index is 1.88. The Morgan fingerprint density at radius 3 is 2.62 bits per heavy atom. The predicted octanol–water partition coefficient (Wildman–Crippen LogP) is 3.62. The fourth-order valence-corrected chi connectivity index (χ4v) is 3.13. The number of hydrogen-bond acceptors (Lipinski definition) is 4. The maximum Gasteiger partial charge on any atom is 0.250 e. The van der Waals surface area contributed by atoms with Crippen LogP contribution in [-0.4, -0.2) is 19.3 Å². The van der Waals surface area contributed by atoms with Gasteiger partial charge in [0.25, 0.3) is 5.56 Å². The van der Waals surface area contributed by atoms with E-state index in [0.29, 0.717) is 5.69 Å². The van der Waals surface area contributed by atoms with Crippen molar-refractivity contribution in [1.82, 2.24) is 19.3 Å². The van der Waals surface area contributed by atoms with Crippen molar-refractivity contribution >= 4 is 0 Å². The topological polar surface area (TPSA) is 76.5 Å². The number of nitriles is 1. The number of pyridine rings is 2. The molecule has 29 heavy (non-hydrogen) atoms. The van der Waals surface area contributed by atoms with E-state index in [0.717, 1.165) is 27.9 Å². The standard InChI is InChI=1S/C22H16FN5O/c1-14-6-7-15(10-25-14)17-8-22(29)27(2)13-19(17)16-11-26-28(12-16)21-5-3-4-20(23)18(21)9-24/h3-8,10-13H,1-2H3. The highest BCUT2D eigenvalue weighted by Gasteiger charge is 2.15. The molecule has 3 heterocycles. The fraction of sp³-hybridized carbons (Fsp3) is 0.0909. The largest absolute Gasteiger partial charge is 0.318 e. The summed E-state index contributed by atoms with van der Waals surface area (Å²) in [7, 11) is 1.67. The number of rotatable bonds is 3. The van der Waals surface area contributed by atoms with Crippen molar-refractivity contribution in [1.29, 1.82) is 5.26 Å². The molecule has 0 aliphatic rings. The quantitative estimate of drug-likeness (QED) is 0.540. The first kappa shape index (κ1) is 18.3. The van der Waals surface area contributed by atoms with Crippen molar-refractivity contribution in [3.05, 3.63) is 88.6 Å². The van der Waals surface area contributed by atoms with Crippen LogP contribution in [0.3, 0.4) is 0 Å². The molecule has 4 rings (SSSR count). The molecule has 0 atom stereocenters. The maximum atomic E-state index is 14.0. The predicted molar refractivity (Wildman–Crippen MR) is 107 cm³/mol. The first-order valence-corrected chi connectivity index (χ1v) is 8.85. The lowest BCUT2D eigenvalue weighted by atomic mass is 9.99. The summed E-state index contributed by atoms with van der Waals surface area (Å²) in [6, 6.07) is 11.6. The maximum absolute atomic E-state index is 14.0. The zero-order valence-corrected chi connectivity index (χ0v) is 15.8. The van der Waals surface area contributed by atoms with Crippen LogP contribution in [0.1, 0.15) is 11.3 Å². The van der Waals surface area contributed by atoms with Gasteiger partial charge in [0.15, 0.2) is 0 Å². The van der Waals surface area contributed by atoms with Gasteiger partial charge in [-0.3, -0.25) is 9.78 Å². The van der Waals surface area contributed by atoms with Gasteiger partial charge in [-0.25, -0.2) is 9.07 Å². The molecule has 0 saturated carbocycles. The molecule has 1 aromatic carbocycles. The van der Waals surface area contributed by atoms with Crippen LogP contribution in [0.25, 0.3) is 27.9 Å². The van der Waals surface area contributed by atoms with E-state index in [9.17, 15) is 14.4 Å². The smallest absolute Gasteiger partial charge is 0.250 e. The molecule has 0 N–H and O–H groups in total. The van der Waals surface area contributed by atoms with Crippen molar-refractivity contribution in [3.8, 4) is 34.0 Å². The van der Waals surface area contributed by atoms with Gasteiger partial charge in [-0.2, -0.15) is 10.4 Å². The Morgan fingerprint density at radius 2 is 1.90 bits per heavy atom. The van der Waals surface area contributed by atoms with Crippen molar-refractivity contribution in [2.45, 2.75) is 6.92 Å². The molecule has 6 nitrogen and oxygen atoms in total. The normalized spacial score (nSPS) is 10.7. The minimum Gasteiger partial charge on any atom is -0.318 e. The first-order valence-electron chi connectivity index (χ1n) is 8.85. The van der Waals surface area contributed by atoms with E-state index in [1.165, 1.54) is 21.4 Å².